The molecule has 132 valence electrons. The fraction of sp³-hybridized carbons (Fsp3) is 0.579. The van der Waals surface area contributed by atoms with Crippen LogP contribution in [0, 0.1) is 5.92 Å². The SMILES string of the molecule is CC(C)c1ccc([C@H](N[C@@H](C)C(=O)N2CCNC2=O)C(C)C)cc1. The topological polar surface area (TPSA) is 61.4 Å². The van der Waals surface area contributed by atoms with Gasteiger partial charge in [0.05, 0.1) is 6.04 Å². The molecule has 2 N–H and O–H groups in total. The molecule has 0 spiro atoms. The molecule has 0 radical (unpaired) electrons. The van der Waals surface area contributed by atoms with Crippen molar-refractivity contribution < 1.29 is 9.59 Å². The average Bonchev–Trinajstić information content (AvgIpc) is 2.97. The molecule has 1 saturated heterocycles. The summed E-state index contributed by atoms with van der Waals surface area (Å²) in [6.45, 7) is 11.4. The molecular formula is C19H29N3O2. The van der Waals surface area contributed by atoms with Gasteiger partial charge in [-0.25, -0.2) is 4.79 Å². The second kappa shape index (κ2) is 7.79. The van der Waals surface area contributed by atoms with Gasteiger partial charge in [-0.1, -0.05) is 52.0 Å². The van der Waals surface area contributed by atoms with E-state index in [1.54, 1.807) is 0 Å². The van der Waals surface area contributed by atoms with Crippen molar-refractivity contribution >= 4 is 11.9 Å². The molecule has 24 heavy (non-hydrogen) atoms. The molecule has 5 nitrogen and oxygen atoms in total. The highest BCUT2D eigenvalue weighted by atomic mass is 16.2. The molecular weight excluding hydrogens is 302 g/mol. The van der Waals surface area contributed by atoms with Gasteiger partial charge in [0.1, 0.15) is 0 Å². The lowest BCUT2D eigenvalue weighted by Gasteiger charge is -2.28. The molecule has 2 atom stereocenters. The van der Waals surface area contributed by atoms with Crippen LogP contribution in [0.2, 0.25) is 0 Å². The second-order valence-electron chi connectivity index (χ2n) is 7.15. The van der Waals surface area contributed by atoms with Gasteiger partial charge in [-0.05, 0) is 29.9 Å². The fourth-order valence-corrected chi connectivity index (χ4v) is 3.02. The quantitative estimate of drug-likeness (QED) is 0.842. The van der Waals surface area contributed by atoms with Gasteiger partial charge in [-0.15, -0.1) is 0 Å². The third-order valence-electron chi connectivity index (χ3n) is 4.55. The van der Waals surface area contributed by atoms with Crippen molar-refractivity contribution in [1.82, 2.24) is 15.5 Å². The van der Waals surface area contributed by atoms with Gasteiger partial charge in [-0.3, -0.25) is 15.0 Å². The zero-order chi connectivity index (χ0) is 17.9. The van der Waals surface area contributed by atoms with Gasteiger partial charge in [0, 0.05) is 19.1 Å². The van der Waals surface area contributed by atoms with Crippen LogP contribution >= 0.6 is 0 Å². The smallest absolute Gasteiger partial charge is 0.324 e. The summed E-state index contributed by atoms with van der Waals surface area (Å²) in [6, 6.07) is 7.92. The molecule has 1 heterocycles. The first-order valence-electron chi connectivity index (χ1n) is 8.76. The number of amides is 3. The zero-order valence-corrected chi connectivity index (χ0v) is 15.3. The van der Waals surface area contributed by atoms with Crippen LogP contribution in [0.5, 0.6) is 0 Å². The van der Waals surface area contributed by atoms with E-state index in [1.807, 2.05) is 6.92 Å². The van der Waals surface area contributed by atoms with Crippen LogP contribution in [0.15, 0.2) is 24.3 Å². The summed E-state index contributed by atoms with van der Waals surface area (Å²) in [5, 5.41) is 6.08. The molecule has 2 rings (SSSR count). The molecule has 0 unspecified atom stereocenters. The van der Waals surface area contributed by atoms with E-state index >= 15 is 0 Å². The molecule has 0 saturated carbocycles. The van der Waals surface area contributed by atoms with Crippen molar-refractivity contribution in [3.8, 4) is 0 Å². The van der Waals surface area contributed by atoms with Gasteiger partial charge in [0.15, 0.2) is 0 Å². The van der Waals surface area contributed by atoms with Gasteiger partial charge in [-0.2, -0.15) is 0 Å². The van der Waals surface area contributed by atoms with E-state index in [9.17, 15) is 9.59 Å². The van der Waals surface area contributed by atoms with Gasteiger partial charge < -0.3 is 5.32 Å². The first-order chi connectivity index (χ1) is 11.3. The molecule has 5 heteroatoms. The van der Waals surface area contributed by atoms with Crippen molar-refractivity contribution in [2.75, 3.05) is 13.1 Å². The van der Waals surface area contributed by atoms with Crippen LogP contribution in [0.25, 0.3) is 0 Å². The number of benzene rings is 1. The second-order valence-corrected chi connectivity index (χ2v) is 7.15. The third kappa shape index (κ3) is 4.15. The van der Waals surface area contributed by atoms with Crippen LogP contribution in [0.3, 0.4) is 0 Å². The number of hydrogen-bond donors (Lipinski definition) is 2. The Morgan fingerprint density at radius 1 is 1.08 bits per heavy atom. The van der Waals surface area contributed by atoms with Crippen molar-refractivity contribution in [2.24, 2.45) is 5.92 Å². The Bertz CT molecular complexity index is 581. The summed E-state index contributed by atoms with van der Waals surface area (Å²) in [6.07, 6.45) is 0. The van der Waals surface area contributed by atoms with E-state index in [1.165, 1.54) is 16.0 Å². The molecule has 0 aromatic heterocycles. The Kier molecular flexibility index (Phi) is 5.99. The summed E-state index contributed by atoms with van der Waals surface area (Å²) in [5.74, 6) is 0.658. The van der Waals surface area contributed by atoms with Crippen molar-refractivity contribution in [2.45, 2.75) is 52.6 Å². The number of rotatable bonds is 6. The van der Waals surface area contributed by atoms with Crippen LogP contribution in [0.4, 0.5) is 4.79 Å². The molecule has 1 aliphatic heterocycles. The van der Waals surface area contributed by atoms with E-state index in [-0.39, 0.29) is 18.0 Å². The van der Waals surface area contributed by atoms with Crippen molar-refractivity contribution in [3.63, 3.8) is 0 Å². The maximum absolute atomic E-state index is 12.5. The van der Waals surface area contributed by atoms with Crippen LogP contribution < -0.4 is 10.6 Å². The number of nitrogens with one attached hydrogen (secondary N) is 2. The molecule has 1 fully saturated rings. The highest BCUT2D eigenvalue weighted by molar-refractivity contribution is 5.98. The average molecular weight is 331 g/mol. The third-order valence-corrected chi connectivity index (χ3v) is 4.55. The predicted molar refractivity (Wildman–Crippen MR) is 95.8 cm³/mol. The van der Waals surface area contributed by atoms with Gasteiger partial charge in [0.2, 0.25) is 5.91 Å². The van der Waals surface area contributed by atoms with Crippen LogP contribution in [0.1, 0.15) is 57.7 Å². The first-order valence-corrected chi connectivity index (χ1v) is 8.76. The number of hydrogen-bond acceptors (Lipinski definition) is 3. The minimum atomic E-state index is -0.411. The lowest BCUT2D eigenvalue weighted by molar-refractivity contribution is -0.129. The highest BCUT2D eigenvalue weighted by Crippen LogP contribution is 2.25. The van der Waals surface area contributed by atoms with Crippen molar-refractivity contribution in [1.29, 1.82) is 0 Å². The number of imide groups is 1. The largest absolute Gasteiger partial charge is 0.336 e. The standard InChI is InChI=1S/C19H29N3O2/c1-12(2)15-6-8-16(9-7-15)17(13(3)4)21-14(5)18(23)22-11-10-20-19(22)24/h6-9,12-14,17,21H,10-11H2,1-5H3,(H,20,24)/t14-,17+/m0/s1. The lowest BCUT2D eigenvalue weighted by atomic mass is 9.93. The summed E-state index contributed by atoms with van der Waals surface area (Å²) < 4.78 is 0. The number of carbonyl (C=O) groups is 2. The Labute approximate surface area is 144 Å². The predicted octanol–water partition coefficient (Wildman–Crippen LogP) is 3.04. The Morgan fingerprint density at radius 2 is 1.67 bits per heavy atom. The molecule has 1 aromatic rings. The Balaban J connectivity index is 2.10. The normalized spacial score (nSPS) is 17.3. The molecule has 0 bridgehead atoms. The van der Waals surface area contributed by atoms with E-state index in [4.69, 9.17) is 0 Å². The maximum Gasteiger partial charge on any atom is 0.324 e. The number of urea groups is 1. The highest BCUT2D eigenvalue weighted by Gasteiger charge is 2.31. The molecule has 0 aliphatic carbocycles. The molecule has 3 amide bonds. The van der Waals surface area contributed by atoms with Gasteiger partial charge in [0.25, 0.3) is 0 Å². The number of carbonyl (C=O) groups excluding carboxylic acids is 2. The molecule has 1 aliphatic rings. The van der Waals surface area contributed by atoms with E-state index in [0.29, 0.717) is 24.9 Å². The Hall–Kier alpha value is -1.88. The van der Waals surface area contributed by atoms with E-state index in [2.05, 4.69) is 62.6 Å². The van der Waals surface area contributed by atoms with Crippen LogP contribution in [-0.2, 0) is 4.79 Å². The van der Waals surface area contributed by atoms with Crippen molar-refractivity contribution in [3.05, 3.63) is 35.4 Å². The number of nitrogens with zero attached hydrogens (tertiary/aromatic N) is 1. The Morgan fingerprint density at radius 3 is 2.12 bits per heavy atom. The molecule has 1 aromatic carbocycles. The lowest BCUT2D eigenvalue weighted by Crippen LogP contribution is -2.47. The van der Waals surface area contributed by atoms with E-state index in [0.717, 1.165) is 0 Å². The summed E-state index contributed by atoms with van der Waals surface area (Å²) >= 11 is 0. The minimum absolute atomic E-state index is 0.0656. The minimum Gasteiger partial charge on any atom is -0.336 e. The van der Waals surface area contributed by atoms with Crippen LogP contribution in [-0.4, -0.2) is 36.0 Å². The zero-order valence-electron chi connectivity index (χ0n) is 15.3. The summed E-state index contributed by atoms with van der Waals surface area (Å²) in [4.78, 5) is 25.5. The first kappa shape index (κ1) is 18.5. The van der Waals surface area contributed by atoms with E-state index < -0.39 is 6.04 Å². The monoisotopic (exact) mass is 331 g/mol. The van der Waals surface area contributed by atoms with Gasteiger partial charge >= 0.3 is 6.03 Å². The fourth-order valence-electron chi connectivity index (χ4n) is 3.02. The maximum atomic E-state index is 12.5. The summed E-state index contributed by atoms with van der Waals surface area (Å²) in [7, 11) is 0. The summed E-state index contributed by atoms with van der Waals surface area (Å²) in [5.41, 5.74) is 2.47.